The lowest BCUT2D eigenvalue weighted by molar-refractivity contribution is -0.135. The van der Waals surface area contributed by atoms with Crippen LogP contribution in [-0.4, -0.2) is 57.2 Å². The average Bonchev–Trinajstić information content (AvgIpc) is 3.59. The largest absolute Gasteiger partial charge is 0.415 e. The summed E-state index contributed by atoms with van der Waals surface area (Å²) in [6.07, 6.45) is 6.03. The number of hydrogen-bond donors (Lipinski definition) is 2. The number of carbonyl (C=O) groups excluding carboxylic acids is 3. The van der Waals surface area contributed by atoms with Gasteiger partial charge in [-0.2, -0.15) is 0 Å². The molecule has 0 bridgehead atoms. The summed E-state index contributed by atoms with van der Waals surface area (Å²) in [5.41, 5.74) is 1.71. The molecule has 3 atom stereocenters. The van der Waals surface area contributed by atoms with Gasteiger partial charge in [-0.15, -0.1) is 10.2 Å². The number of hydrogen-bond acceptors (Lipinski definition) is 8. The highest BCUT2D eigenvalue weighted by Crippen LogP contribution is 2.29. The Balaban J connectivity index is 1.40. The summed E-state index contributed by atoms with van der Waals surface area (Å²) < 4.78 is 5.79. The summed E-state index contributed by atoms with van der Waals surface area (Å²) in [5.74, 6) is -1.77. The maximum Gasteiger partial charge on any atom is 0.276 e. The predicted molar refractivity (Wildman–Crippen MR) is 155 cm³/mol. The lowest BCUT2D eigenvalue weighted by atomic mass is 9.83. The third-order valence-electron chi connectivity index (χ3n) is 7.54. The molecule has 40 heavy (non-hydrogen) atoms. The molecule has 9 nitrogen and oxygen atoms in total. The van der Waals surface area contributed by atoms with E-state index in [1.165, 1.54) is 24.6 Å². The van der Waals surface area contributed by atoms with E-state index in [0.29, 0.717) is 30.0 Å². The molecule has 2 fully saturated rings. The molecule has 2 N–H and O–H groups in total. The summed E-state index contributed by atoms with van der Waals surface area (Å²) >= 11 is 1.43. The first-order valence-corrected chi connectivity index (χ1v) is 15.5. The van der Waals surface area contributed by atoms with Gasteiger partial charge in [0.2, 0.25) is 17.7 Å². The van der Waals surface area contributed by atoms with Gasteiger partial charge in [-0.3, -0.25) is 24.6 Å². The molecule has 1 aliphatic carbocycles. The Kier molecular flexibility index (Phi) is 10.8. The Hall–Kier alpha value is -2.72. The molecule has 4 rings (SSSR count). The molecule has 218 valence electrons. The fourth-order valence-corrected chi connectivity index (χ4v) is 6.21. The Morgan fingerprint density at radius 1 is 1.05 bits per heavy atom. The zero-order valence-electron chi connectivity index (χ0n) is 24.2. The van der Waals surface area contributed by atoms with Crippen molar-refractivity contribution in [3.05, 3.63) is 41.3 Å². The van der Waals surface area contributed by atoms with E-state index < -0.39 is 17.7 Å². The van der Waals surface area contributed by atoms with Gasteiger partial charge in [0, 0.05) is 23.4 Å². The second kappa shape index (κ2) is 14.3. The third kappa shape index (κ3) is 8.39. The molecule has 10 heteroatoms. The SMILES string of the molecule is CC(C)CC(C(=O)NC(=O)[C@@H]1CCCC[C@@H]1NC(=O)c1cccc(CN2CCCC2)c1)c1nnc(SC(C)C)o1. The van der Waals surface area contributed by atoms with Crippen LogP contribution < -0.4 is 10.6 Å². The maximum atomic E-state index is 13.4. The summed E-state index contributed by atoms with van der Waals surface area (Å²) in [7, 11) is 0. The summed E-state index contributed by atoms with van der Waals surface area (Å²) in [4.78, 5) is 42.4. The van der Waals surface area contributed by atoms with Crippen molar-refractivity contribution in [1.82, 2.24) is 25.7 Å². The van der Waals surface area contributed by atoms with Crippen molar-refractivity contribution < 1.29 is 18.8 Å². The van der Waals surface area contributed by atoms with Crippen LogP contribution in [0.2, 0.25) is 0 Å². The lowest BCUT2D eigenvalue weighted by Gasteiger charge is -2.31. The molecule has 2 heterocycles. The van der Waals surface area contributed by atoms with Crippen LogP contribution in [0.25, 0.3) is 0 Å². The number of carbonyl (C=O) groups is 3. The van der Waals surface area contributed by atoms with Gasteiger partial charge in [0.25, 0.3) is 11.1 Å². The number of benzene rings is 1. The topological polar surface area (TPSA) is 117 Å². The smallest absolute Gasteiger partial charge is 0.276 e. The van der Waals surface area contributed by atoms with E-state index in [2.05, 4.69) is 31.8 Å². The Morgan fingerprint density at radius 3 is 2.52 bits per heavy atom. The van der Waals surface area contributed by atoms with Gasteiger partial charge < -0.3 is 9.73 Å². The minimum Gasteiger partial charge on any atom is -0.415 e. The minimum atomic E-state index is -0.715. The number of amides is 3. The van der Waals surface area contributed by atoms with Crippen molar-refractivity contribution in [2.24, 2.45) is 11.8 Å². The van der Waals surface area contributed by atoms with E-state index in [0.717, 1.165) is 38.0 Å². The Labute approximate surface area is 241 Å². The van der Waals surface area contributed by atoms with E-state index in [4.69, 9.17) is 4.42 Å². The first kappa shape index (κ1) is 30.2. The first-order chi connectivity index (χ1) is 19.2. The fraction of sp³-hybridized carbons (Fsp3) is 0.633. The number of nitrogens with one attached hydrogen (secondary N) is 2. The number of thioether (sulfide) groups is 1. The molecule has 0 spiro atoms. The van der Waals surface area contributed by atoms with Crippen LogP contribution in [0.4, 0.5) is 0 Å². The molecule has 2 aliphatic rings. The Bertz CT molecular complexity index is 1160. The van der Waals surface area contributed by atoms with E-state index in [1.807, 2.05) is 45.9 Å². The highest BCUT2D eigenvalue weighted by Gasteiger charge is 2.36. The standard InChI is InChI=1S/C30H43N5O4S/c1-19(2)16-24(29-33-34-30(39-29)40-20(3)4)28(38)32-27(37)23-12-5-6-13-25(23)31-26(36)22-11-9-10-21(17-22)18-35-14-7-8-15-35/h9-11,17,19-20,23-25H,5-8,12-16,18H2,1-4H3,(H,31,36)(H,32,37,38)/t23-,24?,25+/m1/s1. The van der Waals surface area contributed by atoms with Crippen molar-refractivity contribution in [3.63, 3.8) is 0 Å². The summed E-state index contributed by atoms with van der Waals surface area (Å²) in [5, 5.41) is 14.6. The first-order valence-electron chi connectivity index (χ1n) is 14.7. The van der Waals surface area contributed by atoms with Crippen LogP contribution in [0.15, 0.2) is 33.9 Å². The van der Waals surface area contributed by atoms with Crippen molar-refractivity contribution in [1.29, 1.82) is 0 Å². The number of likely N-dealkylation sites (tertiary alicyclic amines) is 1. The molecule has 2 aromatic rings. The highest BCUT2D eigenvalue weighted by molar-refractivity contribution is 7.99. The third-order valence-corrected chi connectivity index (χ3v) is 8.38. The van der Waals surface area contributed by atoms with Crippen LogP contribution >= 0.6 is 11.8 Å². The molecule has 3 amide bonds. The van der Waals surface area contributed by atoms with Gasteiger partial charge >= 0.3 is 0 Å². The van der Waals surface area contributed by atoms with E-state index in [-0.39, 0.29) is 34.9 Å². The van der Waals surface area contributed by atoms with E-state index in [9.17, 15) is 14.4 Å². The summed E-state index contributed by atoms with van der Waals surface area (Å²) in [6, 6.07) is 7.40. The number of rotatable bonds is 11. The Morgan fingerprint density at radius 2 is 1.80 bits per heavy atom. The van der Waals surface area contributed by atoms with Crippen LogP contribution in [0.1, 0.15) is 100 Å². The maximum absolute atomic E-state index is 13.4. The molecule has 0 radical (unpaired) electrons. The second-order valence-corrected chi connectivity index (χ2v) is 13.3. The fourth-order valence-electron chi connectivity index (χ4n) is 5.58. The molecular weight excluding hydrogens is 526 g/mol. The molecular formula is C30H43N5O4S. The van der Waals surface area contributed by atoms with Gasteiger partial charge in [0.15, 0.2) is 0 Å². The monoisotopic (exact) mass is 569 g/mol. The number of nitrogens with zero attached hydrogens (tertiary/aromatic N) is 3. The zero-order chi connectivity index (χ0) is 28.6. The van der Waals surface area contributed by atoms with E-state index in [1.54, 1.807) is 0 Å². The van der Waals surface area contributed by atoms with Crippen LogP contribution in [0.3, 0.4) is 0 Å². The zero-order valence-corrected chi connectivity index (χ0v) is 25.0. The molecule has 1 aromatic carbocycles. The molecule has 1 unspecified atom stereocenters. The summed E-state index contributed by atoms with van der Waals surface area (Å²) in [6.45, 7) is 11.1. The quantitative estimate of drug-likeness (QED) is 0.366. The van der Waals surface area contributed by atoms with E-state index >= 15 is 0 Å². The van der Waals surface area contributed by atoms with Gasteiger partial charge in [0.05, 0.1) is 5.92 Å². The van der Waals surface area contributed by atoms with Crippen LogP contribution in [0.5, 0.6) is 0 Å². The molecule has 1 aliphatic heterocycles. The molecule has 1 aromatic heterocycles. The second-order valence-electron chi connectivity index (χ2n) is 11.8. The predicted octanol–water partition coefficient (Wildman–Crippen LogP) is 4.93. The highest BCUT2D eigenvalue weighted by atomic mass is 32.2. The average molecular weight is 570 g/mol. The lowest BCUT2D eigenvalue weighted by Crippen LogP contribution is -2.50. The van der Waals surface area contributed by atoms with Gasteiger partial charge in [-0.25, -0.2) is 0 Å². The van der Waals surface area contributed by atoms with Crippen LogP contribution in [-0.2, 0) is 16.1 Å². The van der Waals surface area contributed by atoms with Gasteiger partial charge in [0.1, 0.15) is 5.92 Å². The van der Waals surface area contributed by atoms with Crippen LogP contribution in [0, 0.1) is 11.8 Å². The van der Waals surface area contributed by atoms with Crippen molar-refractivity contribution in [3.8, 4) is 0 Å². The van der Waals surface area contributed by atoms with Gasteiger partial charge in [-0.1, -0.05) is 64.4 Å². The van der Waals surface area contributed by atoms with Crippen molar-refractivity contribution >= 4 is 29.5 Å². The molecule has 1 saturated carbocycles. The number of imide groups is 1. The minimum absolute atomic E-state index is 0.182. The number of aromatic nitrogens is 2. The normalized spacial score (nSPS) is 20.6. The van der Waals surface area contributed by atoms with Crippen molar-refractivity contribution in [2.75, 3.05) is 13.1 Å². The molecule has 1 saturated heterocycles. The van der Waals surface area contributed by atoms with Crippen molar-refractivity contribution in [2.45, 2.75) is 102 Å². The van der Waals surface area contributed by atoms with Gasteiger partial charge in [-0.05, 0) is 68.8 Å².